The Bertz CT molecular complexity index is 889. The summed E-state index contributed by atoms with van der Waals surface area (Å²) in [5.41, 5.74) is 8.30. The molecule has 3 rings (SSSR count). The first-order chi connectivity index (χ1) is 11.2. The smallest absolute Gasteiger partial charge is 0.244 e. The van der Waals surface area contributed by atoms with Gasteiger partial charge in [0.15, 0.2) is 0 Å². The molecule has 1 aliphatic heterocycles. The summed E-state index contributed by atoms with van der Waals surface area (Å²) in [5.74, 6) is -0.474. The lowest BCUT2D eigenvalue weighted by atomic mass is 9.79. The summed E-state index contributed by atoms with van der Waals surface area (Å²) in [4.78, 5) is 0. The fourth-order valence-corrected chi connectivity index (χ4v) is 3.24. The Hall–Kier alpha value is -2.33. The van der Waals surface area contributed by atoms with Crippen LogP contribution in [-0.2, 0) is 5.41 Å². The van der Waals surface area contributed by atoms with Crippen LogP contribution in [0, 0.1) is 17.1 Å². The zero-order valence-electron chi connectivity index (χ0n) is 13.4. The van der Waals surface area contributed by atoms with Gasteiger partial charge >= 0.3 is 0 Å². The predicted molar refractivity (Wildman–Crippen MR) is 90.7 cm³/mol. The monoisotopic (exact) mass is 390 g/mol. The van der Waals surface area contributed by atoms with E-state index in [0.717, 1.165) is 16.8 Å². The van der Waals surface area contributed by atoms with E-state index >= 15 is 0 Å². The molecule has 0 saturated carbocycles. The van der Waals surface area contributed by atoms with Crippen molar-refractivity contribution < 1.29 is 9.13 Å². The van der Waals surface area contributed by atoms with Crippen molar-refractivity contribution in [3.63, 3.8) is 0 Å². The van der Waals surface area contributed by atoms with Gasteiger partial charge in [0.05, 0.1) is 16.0 Å². The number of benzene rings is 1. The number of hydrogen-bond donors (Lipinski definition) is 2. The van der Waals surface area contributed by atoms with Gasteiger partial charge in [-0.1, -0.05) is 26.8 Å². The molecule has 0 saturated heterocycles. The third-order valence-corrected chi connectivity index (χ3v) is 4.57. The number of hydrogen-bond acceptors (Lipinski definition) is 4. The molecular weight excluding hydrogens is 375 g/mol. The van der Waals surface area contributed by atoms with Gasteiger partial charge < -0.3 is 10.5 Å². The van der Waals surface area contributed by atoms with Crippen molar-refractivity contribution >= 4 is 15.9 Å². The lowest BCUT2D eigenvalue weighted by molar-refractivity contribution is 0.378. The number of nitrogens with zero attached hydrogens (tertiary/aromatic N) is 2. The number of rotatable bonds is 1. The Morgan fingerprint density at radius 3 is 2.71 bits per heavy atom. The molecule has 0 spiro atoms. The highest BCUT2D eigenvalue weighted by Crippen LogP contribution is 2.45. The van der Waals surface area contributed by atoms with Crippen molar-refractivity contribution in [1.82, 2.24) is 10.2 Å². The molecule has 1 aliphatic rings. The Balaban J connectivity index is 2.28. The van der Waals surface area contributed by atoms with E-state index in [0.29, 0.717) is 10.4 Å². The second-order valence-corrected chi connectivity index (χ2v) is 7.52. The average Bonchev–Trinajstić information content (AvgIpc) is 2.92. The van der Waals surface area contributed by atoms with Gasteiger partial charge in [0, 0.05) is 11.1 Å². The van der Waals surface area contributed by atoms with Crippen molar-refractivity contribution in [1.29, 1.82) is 5.26 Å². The van der Waals surface area contributed by atoms with E-state index in [9.17, 15) is 9.65 Å². The normalized spacial score (nSPS) is 17.2. The Labute approximate surface area is 147 Å². The van der Waals surface area contributed by atoms with E-state index in [1.165, 1.54) is 6.07 Å². The first kappa shape index (κ1) is 16.5. The van der Waals surface area contributed by atoms with Gasteiger partial charge in [0.1, 0.15) is 17.5 Å². The van der Waals surface area contributed by atoms with Crippen LogP contribution in [0.1, 0.15) is 43.5 Å². The molecule has 7 heteroatoms. The molecule has 5 nitrogen and oxygen atoms in total. The van der Waals surface area contributed by atoms with Crippen molar-refractivity contribution in [2.24, 2.45) is 5.73 Å². The first-order valence-electron chi connectivity index (χ1n) is 7.35. The van der Waals surface area contributed by atoms with Gasteiger partial charge in [-0.3, -0.25) is 5.10 Å². The summed E-state index contributed by atoms with van der Waals surface area (Å²) < 4.78 is 19.5. The van der Waals surface area contributed by atoms with E-state index in [2.05, 4.69) is 32.2 Å². The van der Waals surface area contributed by atoms with Gasteiger partial charge in [0.25, 0.3) is 0 Å². The summed E-state index contributed by atoms with van der Waals surface area (Å²) in [5, 5.41) is 16.8. The van der Waals surface area contributed by atoms with Crippen molar-refractivity contribution in [2.45, 2.75) is 32.1 Å². The van der Waals surface area contributed by atoms with Gasteiger partial charge in [-0.05, 0) is 33.6 Å². The van der Waals surface area contributed by atoms with E-state index in [1.54, 1.807) is 12.1 Å². The largest absolute Gasteiger partial charge is 0.420 e. The molecule has 0 radical (unpaired) electrons. The maximum atomic E-state index is 13.6. The molecule has 1 atom stereocenters. The minimum absolute atomic E-state index is 0.0161. The van der Waals surface area contributed by atoms with Crippen molar-refractivity contribution in [2.75, 3.05) is 0 Å². The topological polar surface area (TPSA) is 87.7 Å². The van der Waals surface area contributed by atoms with Crippen molar-refractivity contribution in [3.05, 3.63) is 56.8 Å². The number of halogens is 2. The number of aromatic amines is 1. The first-order valence-corrected chi connectivity index (χ1v) is 8.14. The lowest BCUT2D eigenvalue weighted by Crippen LogP contribution is -2.23. The number of fused-ring (bicyclic) bond motifs is 1. The Morgan fingerprint density at radius 2 is 2.12 bits per heavy atom. The summed E-state index contributed by atoms with van der Waals surface area (Å²) in [6.45, 7) is 6.10. The van der Waals surface area contributed by atoms with Crippen LogP contribution < -0.4 is 10.5 Å². The van der Waals surface area contributed by atoms with E-state index in [4.69, 9.17) is 10.5 Å². The number of allylic oxidation sites excluding steroid dienone is 1. The molecule has 124 valence electrons. The molecule has 1 aromatic heterocycles. The summed E-state index contributed by atoms with van der Waals surface area (Å²) in [7, 11) is 0. The summed E-state index contributed by atoms with van der Waals surface area (Å²) in [6, 6.07) is 6.78. The van der Waals surface area contributed by atoms with Crippen LogP contribution in [0.4, 0.5) is 4.39 Å². The maximum absolute atomic E-state index is 13.6. The summed E-state index contributed by atoms with van der Waals surface area (Å²) in [6.07, 6.45) is 0. The average molecular weight is 391 g/mol. The lowest BCUT2D eigenvalue weighted by Gasteiger charge is -2.27. The van der Waals surface area contributed by atoms with E-state index in [-0.39, 0.29) is 22.7 Å². The molecule has 24 heavy (non-hydrogen) atoms. The van der Waals surface area contributed by atoms with Crippen molar-refractivity contribution in [3.8, 4) is 11.9 Å². The van der Waals surface area contributed by atoms with Gasteiger partial charge in [-0.15, -0.1) is 5.10 Å². The molecule has 0 bridgehead atoms. The van der Waals surface area contributed by atoms with E-state index < -0.39 is 5.92 Å². The minimum atomic E-state index is -0.469. The van der Waals surface area contributed by atoms with Crippen LogP contribution in [0.5, 0.6) is 5.88 Å². The molecule has 0 fully saturated rings. The van der Waals surface area contributed by atoms with Crippen LogP contribution in [0.3, 0.4) is 0 Å². The predicted octanol–water partition coefficient (Wildman–Crippen LogP) is 3.83. The number of nitrogens with two attached hydrogens (primary N) is 1. The summed E-state index contributed by atoms with van der Waals surface area (Å²) >= 11 is 3.20. The maximum Gasteiger partial charge on any atom is 0.244 e. The number of aromatic nitrogens is 2. The number of ether oxygens (including phenoxy) is 1. The fraction of sp³-hybridized carbons (Fsp3) is 0.294. The quantitative estimate of drug-likeness (QED) is 0.774. The number of nitriles is 1. The van der Waals surface area contributed by atoms with Gasteiger partial charge in [-0.2, -0.15) is 5.26 Å². The SMILES string of the molecule is CC(C)(C)c1[nH]nc2c1[C@@H](c1ccc(F)c(Br)c1)C(C#N)=C(N)O2. The molecule has 1 aromatic carbocycles. The van der Waals surface area contributed by atoms with Crippen LogP contribution >= 0.6 is 15.9 Å². The van der Waals surface area contributed by atoms with E-state index in [1.807, 2.05) is 20.8 Å². The number of nitrogens with one attached hydrogen (secondary N) is 1. The number of H-pyrrole nitrogens is 1. The van der Waals surface area contributed by atoms with Crippen LogP contribution in [0.2, 0.25) is 0 Å². The molecule has 2 heterocycles. The molecule has 2 aromatic rings. The van der Waals surface area contributed by atoms with Gasteiger partial charge in [0.2, 0.25) is 11.8 Å². The zero-order valence-corrected chi connectivity index (χ0v) is 15.0. The molecule has 0 amide bonds. The minimum Gasteiger partial charge on any atom is -0.420 e. The standard InChI is InChI=1S/C17H16BrFN4O/c1-17(2,3)14-13-12(8-4-5-11(19)10(18)6-8)9(7-20)15(21)24-16(13)23-22-14/h4-6,12H,21H2,1-3H3,(H,22,23)/t12-/m0/s1. The second kappa shape index (κ2) is 5.64. The van der Waals surface area contributed by atoms with Crippen LogP contribution in [0.15, 0.2) is 34.1 Å². The Kier molecular flexibility index (Phi) is 3.88. The third kappa shape index (κ3) is 2.57. The highest BCUT2D eigenvalue weighted by Gasteiger charge is 2.38. The van der Waals surface area contributed by atoms with Crippen LogP contribution in [-0.4, -0.2) is 10.2 Å². The van der Waals surface area contributed by atoms with Crippen LogP contribution in [0.25, 0.3) is 0 Å². The molecule has 0 aliphatic carbocycles. The second-order valence-electron chi connectivity index (χ2n) is 6.67. The fourth-order valence-electron chi connectivity index (χ4n) is 2.84. The molecule has 3 N–H and O–H groups in total. The third-order valence-electron chi connectivity index (χ3n) is 3.97. The Morgan fingerprint density at radius 1 is 1.42 bits per heavy atom. The highest BCUT2D eigenvalue weighted by molar-refractivity contribution is 9.10. The van der Waals surface area contributed by atoms with Gasteiger partial charge in [-0.25, -0.2) is 4.39 Å². The highest BCUT2D eigenvalue weighted by atomic mass is 79.9. The molecule has 0 unspecified atom stereocenters. The molecular formula is C17H16BrFN4O. The zero-order chi connectivity index (χ0) is 17.6.